The maximum atomic E-state index is 13.1. The number of fused-ring (bicyclic) bond motifs is 8. The van der Waals surface area contributed by atoms with Gasteiger partial charge in [-0.15, -0.1) is 22.1 Å². The number of hydrogen-bond acceptors (Lipinski definition) is 7. The minimum atomic E-state index is -1.07. The van der Waals surface area contributed by atoms with Crippen LogP contribution in [0.25, 0.3) is 46.4 Å². The van der Waals surface area contributed by atoms with Crippen molar-refractivity contribution in [3.8, 4) is 11.8 Å². The minimum absolute atomic E-state index is 0. The molecule has 6 fully saturated rings. The molecular weight excluding hydrogens is 1050 g/mol. The Hall–Kier alpha value is -4.30. The van der Waals surface area contributed by atoms with E-state index in [4.69, 9.17) is 32.2 Å². The Bertz CT molecular complexity index is 3020. The van der Waals surface area contributed by atoms with Gasteiger partial charge in [0.25, 0.3) is 5.91 Å². The summed E-state index contributed by atoms with van der Waals surface area (Å²) in [4.78, 5) is 52.1. The summed E-state index contributed by atoms with van der Waals surface area (Å²) in [5.41, 5.74) is 13.2. The van der Waals surface area contributed by atoms with Crippen molar-refractivity contribution < 1.29 is 34.2 Å². The van der Waals surface area contributed by atoms with Gasteiger partial charge in [-0.1, -0.05) is 146 Å². The number of thiocarbonyl (C=S) groups is 1. The summed E-state index contributed by atoms with van der Waals surface area (Å²) >= 11 is 6.60. The van der Waals surface area contributed by atoms with E-state index < -0.39 is 12.5 Å². The number of aromatic nitrogens is 4. The van der Waals surface area contributed by atoms with E-state index in [0.29, 0.717) is 44.0 Å². The number of hydrogen-bond donors (Lipinski definition) is 1. The average Bonchev–Trinajstić information content (AvgIpc) is 4.31. The van der Waals surface area contributed by atoms with E-state index in [1.54, 1.807) is 0 Å². The normalized spacial score (nSPS) is 26.0. The third-order valence-electron chi connectivity index (χ3n) is 19.3. The van der Waals surface area contributed by atoms with Gasteiger partial charge in [-0.25, -0.2) is 9.97 Å². The molecule has 3 aromatic rings. The van der Waals surface area contributed by atoms with Gasteiger partial charge in [-0.05, 0) is 179 Å². The predicted molar refractivity (Wildman–Crippen MR) is 321 cm³/mol. The number of thioether (sulfide) groups is 1. The number of rotatable bonds is 8. The van der Waals surface area contributed by atoms with Crippen molar-refractivity contribution >= 4 is 92.2 Å². The molecule has 5 saturated carbocycles. The van der Waals surface area contributed by atoms with E-state index in [0.717, 1.165) is 114 Å². The van der Waals surface area contributed by atoms with Gasteiger partial charge in [0, 0.05) is 29.3 Å². The monoisotopic (exact) mass is 1130 g/mol. The third kappa shape index (κ3) is 12.3. The Kier molecular flexibility index (Phi) is 17.6. The molecule has 1 N–H and O–H groups in total. The second kappa shape index (κ2) is 24.0. The second-order valence-corrected chi connectivity index (χ2v) is 28.0. The summed E-state index contributed by atoms with van der Waals surface area (Å²) in [5.74, 6) is 8.66. The molecule has 8 bridgehead atoms. The summed E-state index contributed by atoms with van der Waals surface area (Å²) in [6.07, 6.45) is 36.4. The van der Waals surface area contributed by atoms with Gasteiger partial charge in [0.1, 0.15) is 10.9 Å². The topological polar surface area (TPSA) is 115 Å². The maximum Gasteiger partial charge on any atom is 2.00 e. The summed E-state index contributed by atoms with van der Waals surface area (Å²) < 4.78 is 0.309. The van der Waals surface area contributed by atoms with E-state index >= 15 is 0 Å². The fourth-order valence-corrected chi connectivity index (χ4v) is 16.2. The quantitative estimate of drug-likeness (QED) is 0.0697. The van der Waals surface area contributed by atoms with Crippen LogP contribution in [0.1, 0.15) is 234 Å². The minimum Gasteiger partial charge on any atom is -0.656 e. The van der Waals surface area contributed by atoms with Crippen LogP contribution in [0.5, 0.6) is 0 Å². The van der Waals surface area contributed by atoms with Crippen molar-refractivity contribution in [3.05, 3.63) is 74.7 Å². The van der Waals surface area contributed by atoms with Gasteiger partial charge in [-0.3, -0.25) is 14.5 Å². The van der Waals surface area contributed by atoms with Crippen molar-refractivity contribution in [3.63, 3.8) is 0 Å². The standard InChI is InChI=1S/C66H83N6O3S2.Zn/c1-65(2,3)45-22-26-47(27-23-45)72(48-28-24-46(25-29-48)66(4,5)6)62-56-37-35-54(69-56)60(43-13-9-7-10-14-43)52-33-31-50(67-52)49(51-32-34-53(68-51)61(44-15-11-8-12-16-44)55-36-38-57(62)70-55)30-21-41-17-19-42(20-18-41)39-58-63(75)71(40-59(73)74)64(76)77-58;/h31-39,41-48H,7-20,22-29,40H2,1-6H3,(H2-,67,68,69,70,73,74);/q-1;+2/p-1. The molecule has 6 heterocycles. The first-order valence-electron chi connectivity index (χ1n) is 29.9. The molecule has 0 aromatic carbocycles. The Morgan fingerprint density at radius 1 is 0.667 bits per heavy atom. The molecule has 408 valence electrons. The molecule has 3 aliphatic heterocycles. The van der Waals surface area contributed by atoms with Crippen molar-refractivity contribution in [2.24, 2.45) is 34.5 Å². The van der Waals surface area contributed by atoms with Crippen LogP contribution in [0.4, 0.5) is 5.69 Å². The van der Waals surface area contributed by atoms with Crippen LogP contribution in [-0.4, -0.2) is 54.8 Å². The predicted octanol–water partition coefficient (Wildman–Crippen LogP) is 16.0. The third-order valence-corrected chi connectivity index (χ3v) is 20.7. The summed E-state index contributed by atoms with van der Waals surface area (Å²) in [7, 11) is 0. The molecule has 5 aliphatic carbocycles. The molecule has 0 unspecified atom stereocenters. The van der Waals surface area contributed by atoms with Crippen LogP contribution in [0, 0.1) is 46.3 Å². The molecule has 78 heavy (non-hydrogen) atoms. The van der Waals surface area contributed by atoms with Crippen LogP contribution in [0.2, 0.25) is 0 Å². The molecule has 3 aromatic heterocycles. The molecule has 9 nitrogen and oxygen atoms in total. The number of carbonyl (C=O) groups excluding carboxylic acids is 1. The van der Waals surface area contributed by atoms with E-state index in [1.807, 2.05) is 6.08 Å². The van der Waals surface area contributed by atoms with Gasteiger partial charge in [-0.2, -0.15) is 0 Å². The number of aliphatic carboxylic acids is 1. The van der Waals surface area contributed by atoms with E-state index in [2.05, 4.69) is 107 Å². The molecule has 0 spiro atoms. The number of carboxylic acid groups (broad SMARTS) is 1. The number of allylic oxidation sites excluding steroid dienone is 1. The first-order chi connectivity index (χ1) is 37.1. The molecule has 1 saturated heterocycles. The molecule has 11 rings (SSSR count). The number of amides is 1. The van der Waals surface area contributed by atoms with Gasteiger partial charge < -0.3 is 20.0 Å². The maximum absolute atomic E-state index is 13.1. The fraction of sp³-hybridized carbons (Fsp3) is 0.591. The SMILES string of the molecule is CC(C)(C)C1CCC(N(c2c3nc(c(C4CCCCC4)c4ccc([n-]4)c(C#CC4CCC(C=C5SC(=S)N(CC(=O)O)C5=O)CC4)c4nc(c(C5CCCCC5)c5ccc2[n-]5)C=C4)C=C3)C2CCC(C(C)(C)C)CC2)CC1.[Zn+2]. The van der Waals surface area contributed by atoms with Crippen LogP contribution < -0.4 is 14.9 Å². The average molecular weight is 1140 g/mol. The van der Waals surface area contributed by atoms with Crippen molar-refractivity contribution in [2.45, 2.75) is 207 Å². The van der Waals surface area contributed by atoms with Gasteiger partial charge in [0.05, 0.1) is 27.7 Å². The second-order valence-electron chi connectivity index (χ2n) is 26.3. The van der Waals surface area contributed by atoms with Crippen LogP contribution >= 0.6 is 24.0 Å². The molecule has 0 atom stereocenters. The Morgan fingerprint density at radius 2 is 1.14 bits per heavy atom. The molecule has 0 radical (unpaired) electrons. The Balaban J connectivity index is 0.00000688. The fourth-order valence-electron chi connectivity index (χ4n) is 14.8. The van der Waals surface area contributed by atoms with Gasteiger partial charge >= 0.3 is 25.4 Å². The van der Waals surface area contributed by atoms with Crippen LogP contribution in [0.15, 0.2) is 35.2 Å². The Labute approximate surface area is 487 Å². The van der Waals surface area contributed by atoms with Crippen LogP contribution in [-0.2, 0) is 29.1 Å². The van der Waals surface area contributed by atoms with Gasteiger partial charge in [0.2, 0.25) is 0 Å². The molecule has 1 amide bonds. The first-order valence-corrected chi connectivity index (χ1v) is 31.1. The zero-order valence-electron chi connectivity index (χ0n) is 47.5. The summed E-state index contributed by atoms with van der Waals surface area (Å²) in [5, 5.41) is 9.35. The van der Waals surface area contributed by atoms with E-state index in [9.17, 15) is 14.7 Å². The number of anilines is 1. The Morgan fingerprint density at radius 3 is 1.67 bits per heavy atom. The molecule has 8 aliphatic rings. The van der Waals surface area contributed by atoms with E-state index in [-0.39, 0.29) is 37.2 Å². The zero-order valence-corrected chi connectivity index (χ0v) is 52.1. The first kappa shape index (κ1) is 57.0. The van der Waals surface area contributed by atoms with Crippen molar-refractivity contribution in [2.75, 3.05) is 11.4 Å². The summed E-state index contributed by atoms with van der Waals surface area (Å²) in [6, 6.07) is 9.95. The van der Waals surface area contributed by atoms with E-state index in [1.165, 1.54) is 123 Å². The molecular formula is C66H82N6O3S2Zn. The summed E-state index contributed by atoms with van der Waals surface area (Å²) in [6.45, 7) is 14.3. The smallest absolute Gasteiger partial charge is 0.656 e. The number of nitrogens with zero attached hydrogens (tertiary/aromatic N) is 6. The number of carbonyl (C=O) groups is 2. The molecule has 12 heteroatoms. The van der Waals surface area contributed by atoms with Crippen molar-refractivity contribution in [1.29, 1.82) is 0 Å². The van der Waals surface area contributed by atoms with Gasteiger partial charge in [0.15, 0.2) is 0 Å². The van der Waals surface area contributed by atoms with Crippen molar-refractivity contribution in [1.82, 2.24) is 24.8 Å². The van der Waals surface area contributed by atoms with Crippen LogP contribution in [0.3, 0.4) is 0 Å². The zero-order chi connectivity index (χ0) is 53.6. The largest absolute Gasteiger partial charge is 2.00 e. The number of carboxylic acids is 1.